The number of aromatic nitrogens is 1. The van der Waals surface area contributed by atoms with Gasteiger partial charge in [0.15, 0.2) is 0 Å². The highest BCUT2D eigenvalue weighted by molar-refractivity contribution is 8.00. The number of anilines is 3. The number of nitrogens with zero attached hydrogens (tertiary/aromatic N) is 1. The van der Waals surface area contributed by atoms with Crippen molar-refractivity contribution in [3.63, 3.8) is 0 Å². The minimum Gasteiger partial charge on any atom is -0.506 e. The third kappa shape index (κ3) is 5.27. The van der Waals surface area contributed by atoms with Crippen molar-refractivity contribution in [1.82, 2.24) is 4.98 Å². The number of hydrogen-bond donors (Lipinski definition) is 4. The van der Waals surface area contributed by atoms with Gasteiger partial charge in [-0.2, -0.15) is 0 Å². The molecule has 1 amide bonds. The van der Waals surface area contributed by atoms with Crippen molar-refractivity contribution in [1.29, 1.82) is 0 Å². The minimum atomic E-state index is -0.570. The summed E-state index contributed by atoms with van der Waals surface area (Å²) in [5.41, 5.74) is 14.6. The van der Waals surface area contributed by atoms with E-state index >= 15 is 0 Å². The van der Waals surface area contributed by atoms with Gasteiger partial charge in [-0.15, -0.1) is 11.8 Å². The van der Waals surface area contributed by atoms with Gasteiger partial charge >= 0.3 is 0 Å². The molecule has 0 bridgehead atoms. The van der Waals surface area contributed by atoms with Crippen molar-refractivity contribution in [2.45, 2.75) is 11.4 Å². The maximum atomic E-state index is 14.0. The number of para-hydroxylation sites is 1. The lowest BCUT2D eigenvalue weighted by atomic mass is 10.1. The van der Waals surface area contributed by atoms with Gasteiger partial charge in [0.25, 0.3) is 0 Å². The molecule has 0 saturated carbocycles. The molecule has 0 unspecified atom stereocenters. The number of halogens is 2. The summed E-state index contributed by atoms with van der Waals surface area (Å²) in [6, 6.07) is 15.5. The van der Waals surface area contributed by atoms with E-state index in [9.17, 15) is 14.3 Å². The summed E-state index contributed by atoms with van der Waals surface area (Å²) in [5, 5.41) is 10.6. The highest BCUT2D eigenvalue weighted by atomic mass is 35.5. The molecule has 5 rings (SSSR count). The van der Waals surface area contributed by atoms with Crippen molar-refractivity contribution >= 4 is 64.0 Å². The molecule has 176 valence electrons. The van der Waals surface area contributed by atoms with Gasteiger partial charge in [0, 0.05) is 33.2 Å². The van der Waals surface area contributed by atoms with Crippen LogP contribution in [0.2, 0.25) is 5.02 Å². The first-order valence-corrected chi connectivity index (χ1v) is 11.3. The number of amides is 1. The summed E-state index contributed by atoms with van der Waals surface area (Å²) < 4.78 is 14.0. The van der Waals surface area contributed by atoms with Crippen LogP contribution in [0.3, 0.4) is 0 Å². The van der Waals surface area contributed by atoms with Crippen LogP contribution < -0.4 is 16.4 Å². The topological polar surface area (TPSA) is 125 Å². The number of phenolic OH excluding ortho intramolecular Hbond substituents is 1. The number of carbonyl (C=O) groups excluding carboxylic acids is 2. The molecule has 34 heavy (non-hydrogen) atoms. The second-order valence-electron chi connectivity index (χ2n) is 7.14. The standard InChI is InChI=1S/C15H12ClFN2O2S.C8H8N2.CH2O/c16-15-9(10(17)2-3-12(15)20)6-19-11-5-8(18)1-4-13(11)22-7-14(19)21;9-7-5-10-8-4-2-1-3-6(7)8;1-2/h1-5,20H,6-7,18H2;1-5,10H,9H2;1H2. The van der Waals surface area contributed by atoms with Gasteiger partial charge in [-0.1, -0.05) is 29.8 Å². The Morgan fingerprint density at radius 2 is 1.88 bits per heavy atom. The van der Waals surface area contributed by atoms with Crippen molar-refractivity contribution in [2.24, 2.45) is 0 Å². The van der Waals surface area contributed by atoms with E-state index in [0.29, 0.717) is 11.4 Å². The summed E-state index contributed by atoms with van der Waals surface area (Å²) in [6.45, 7) is 1.94. The smallest absolute Gasteiger partial charge is 0.237 e. The zero-order valence-corrected chi connectivity index (χ0v) is 19.5. The molecule has 10 heteroatoms. The quantitative estimate of drug-likeness (QED) is 0.288. The molecule has 7 nitrogen and oxygen atoms in total. The molecule has 6 N–H and O–H groups in total. The molecule has 0 radical (unpaired) electrons. The number of benzene rings is 3. The Morgan fingerprint density at radius 3 is 2.62 bits per heavy atom. The lowest BCUT2D eigenvalue weighted by Crippen LogP contribution is -2.35. The maximum absolute atomic E-state index is 14.0. The van der Waals surface area contributed by atoms with Crippen molar-refractivity contribution < 1.29 is 19.1 Å². The lowest BCUT2D eigenvalue weighted by molar-refractivity contribution is -0.116. The van der Waals surface area contributed by atoms with E-state index < -0.39 is 5.82 Å². The van der Waals surface area contributed by atoms with Gasteiger partial charge < -0.3 is 31.3 Å². The Labute approximate surface area is 204 Å². The monoisotopic (exact) mass is 500 g/mol. The highest BCUT2D eigenvalue weighted by Crippen LogP contribution is 2.39. The number of aromatic amines is 1. The normalized spacial score (nSPS) is 12.3. The number of thioether (sulfide) groups is 1. The Balaban J connectivity index is 0.000000224. The van der Waals surface area contributed by atoms with Gasteiger partial charge in [0.2, 0.25) is 5.91 Å². The fourth-order valence-corrected chi connectivity index (χ4v) is 4.50. The van der Waals surface area contributed by atoms with E-state index in [1.165, 1.54) is 22.7 Å². The Hall–Kier alpha value is -3.69. The minimum absolute atomic E-state index is 0.0606. The molecule has 0 atom stereocenters. The van der Waals surface area contributed by atoms with Crippen molar-refractivity contribution in [2.75, 3.05) is 22.1 Å². The lowest BCUT2D eigenvalue weighted by Gasteiger charge is -2.29. The summed E-state index contributed by atoms with van der Waals surface area (Å²) in [6.07, 6.45) is 1.81. The molecule has 3 aromatic carbocycles. The van der Waals surface area contributed by atoms with E-state index in [-0.39, 0.29) is 34.5 Å². The van der Waals surface area contributed by atoms with E-state index in [4.69, 9.17) is 27.9 Å². The number of phenols is 1. The average molecular weight is 501 g/mol. The van der Waals surface area contributed by atoms with E-state index in [1.54, 1.807) is 12.1 Å². The van der Waals surface area contributed by atoms with E-state index in [1.807, 2.05) is 43.3 Å². The zero-order valence-electron chi connectivity index (χ0n) is 17.9. The van der Waals surface area contributed by atoms with Gasteiger partial charge in [-0.05, 0) is 36.4 Å². The van der Waals surface area contributed by atoms with Crippen LogP contribution in [0.5, 0.6) is 5.75 Å². The average Bonchev–Trinajstić information content (AvgIpc) is 3.23. The van der Waals surface area contributed by atoms with Gasteiger partial charge in [-0.25, -0.2) is 4.39 Å². The first-order valence-electron chi connectivity index (χ1n) is 9.94. The first-order chi connectivity index (χ1) is 16.3. The van der Waals surface area contributed by atoms with Crippen LogP contribution in [-0.2, 0) is 16.1 Å². The molecule has 0 saturated heterocycles. The highest BCUT2D eigenvalue weighted by Gasteiger charge is 2.27. The molecule has 1 aliphatic heterocycles. The molecular weight excluding hydrogens is 479 g/mol. The Kier molecular flexibility index (Phi) is 8.04. The van der Waals surface area contributed by atoms with Crippen LogP contribution >= 0.6 is 23.4 Å². The summed E-state index contributed by atoms with van der Waals surface area (Å²) in [5.74, 6) is -0.694. The number of nitrogens with one attached hydrogen (secondary N) is 1. The number of H-pyrrole nitrogens is 1. The SMILES string of the molecule is C=O.Nc1c[nH]c2ccccc12.Nc1ccc2c(c1)N(Cc1c(F)ccc(O)c1Cl)C(=O)CS2. The fourth-order valence-electron chi connectivity index (χ4n) is 3.37. The maximum Gasteiger partial charge on any atom is 0.237 e. The molecule has 1 aliphatic rings. The van der Waals surface area contributed by atoms with Gasteiger partial charge in [0.1, 0.15) is 18.4 Å². The van der Waals surface area contributed by atoms with E-state index in [0.717, 1.165) is 27.6 Å². The number of nitrogens with two attached hydrogens (primary N) is 2. The predicted octanol–water partition coefficient (Wildman–Crippen LogP) is 4.97. The van der Waals surface area contributed by atoms with Crippen LogP contribution in [-0.4, -0.2) is 28.5 Å². The first kappa shape index (κ1) is 24.9. The number of carbonyl (C=O) groups is 2. The fraction of sp³-hybridized carbons (Fsp3) is 0.0833. The van der Waals surface area contributed by atoms with Crippen molar-refractivity contribution in [3.05, 3.63) is 77.2 Å². The van der Waals surface area contributed by atoms with Crippen LogP contribution in [0, 0.1) is 5.82 Å². The van der Waals surface area contributed by atoms with Crippen LogP contribution in [0.4, 0.5) is 21.5 Å². The van der Waals surface area contributed by atoms with Crippen LogP contribution in [0.25, 0.3) is 10.9 Å². The van der Waals surface area contributed by atoms with Crippen molar-refractivity contribution in [3.8, 4) is 5.75 Å². The second kappa shape index (κ2) is 11.0. The number of rotatable bonds is 2. The molecule has 0 fully saturated rings. The molecule has 4 aromatic rings. The third-order valence-corrected chi connectivity index (χ3v) is 6.50. The molecule has 0 aliphatic carbocycles. The third-order valence-electron chi connectivity index (χ3n) is 5.03. The number of hydrogen-bond acceptors (Lipinski definition) is 6. The number of aromatic hydroxyl groups is 1. The largest absolute Gasteiger partial charge is 0.506 e. The molecule has 0 spiro atoms. The van der Waals surface area contributed by atoms with Crippen LogP contribution in [0.1, 0.15) is 5.56 Å². The molecular formula is C24H22ClFN4O3S. The number of fused-ring (bicyclic) bond motifs is 2. The summed E-state index contributed by atoms with van der Waals surface area (Å²) >= 11 is 7.37. The van der Waals surface area contributed by atoms with E-state index in [2.05, 4.69) is 4.98 Å². The van der Waals surface area contributed by atoms with Gasteiger partial charge in [-0.3, -0.25) is 4.79 Å². The van der Waals surface area contributed by atoms with Crippen LogP contribution in [0.15, 0.2) is 65.7 Å². The second-order valence-corrected chi connectivity index (χ2v) is 8.54. The molecule has 2 heterocycles. The Bertz CT molecular complexity index is 1330. The zero-order chi connectivity index (χ0) is 24.8. The summed E-state index contributed by atoms with van der Waals surface area (Å²) in [4.78, 5) is 25.6. The molecule has 1 aromatic heterocycles. The predicted molar refractivity (Wildman–Crippen MR) is 136 cm³/mol. The number of nitrogen functional groups attached to an aromatic ring is 2. The van der Waals surface area contributed by atoms with Gasteiger partial charge in [0.05, 0.1) is 28.7 Å². The summed E-state index contributed by atoms with van der Waals surface area (Å²) in [7, 11) is 0. The Morgan fingerprint density at radius 1 is 1.15 bits per heavy atom.